The molecule has 1 N–H and O–H groups in total. The number of benzene rings is 1. The van der Waals surface area contributed by atoms with E-state index in [2.05, 4.69) is 10.3 Å². The highest BCUT2D eigenvalue weighted by atomic mass is 19.4. The van der Waals surface area contributed by atoms with Crippen LogP contribution in [0.4, 0.5) is 18.9 Å². The van der Waals surface area contributed by atoms with Gasteiger partial charge in [0.15, 0.2) is 5.69 Å². The van der Waals surface area contributed by atoms with Gasteiger partial charge >= 0.3 is 18.1 Å². The van der Waals surface area contributed by atoms with Gasteiger partial charge in [0.05, 0.1) is 30.0 Å². The van der Waals surface area contributed by atoms with Crippen molar-refractivity contribution in [1.82, 2.24) is 4.98 Å². The maximum atomic E-state index is 13.7. The average molecular weight is 412 g/mol. The fourth-order valence-corrected chi connectivity index (χ4v) is 2.72. The number of hydrogen-bond donors (Lipinski definition) is 1. The van der Waals surface area contributed by atoms with Crippen molar-refractivity contribution in [2.45, 2.75) is 46.3 Å². The molecule has 0 saturated heterocycles. The van der Waals surface area contributed by atoms with Crippen LogP contribution in [0.3, 0.4) is 0 Å². The molecule has 0 aliphatic heterocycles. The summed E-state index contributed by atoms with van der Waals surface area (Å²) < 4.78 is 51.0. The Morgan fingerprint density at radius 3 is 2.14 bits per heavy atom. The number of hydrogen-bond acceptors (Lipinski definition) is 6. The number of nitrogens with one attached hydrogen (secondary N) is 1. The molecule has 0 bridgehead atoms. The molecule has 0 spiro atoms. The predicted molar refractivity (Wildman–Crippen MR) is 102 cm³/mol. The van der Waals surface area contributed by atoms with Gasteiger partial charge in [-0.1, -0.05) is 0 Å². The normalized spacial score (nSPS) is 12.0. The molecule has 2 aromatic rings. The molecule has 1 aromatic carbocycles. The molecule has 0 aliphatic rings. The van der Waals surface area contributed by atoms with Gasteiger partial charge in [-0.05, 0) is 52.8 Å². The Balaban J connectivity index is 2.92. The van der Waals surface area contributed by atoms with Gasteiger partial charge in [0.25, 0.3) is 0 Å². The molecule has 2 rings (SSSR count). The highest BCUT2D eigenvalue weighted by Gasteiger charge is 2.40. The number of anilines is 1. The second-order valence-electron chi connectivity index (χ2n) is 7.26. The van der Waals surface area contributed by atoms with Gasteiger partial charge in [-0.25, -0.2) is 14.6 Å². The Morgan fingerprint density at radius 1 is 1.03 bits per heavy atom. The fourth-order valence-electron chi connectivity index (χ4n) is 2.72. The molecule has 6 nitrogen and oxygen atoms in total. The van der Waals surface area contributed by atoms with Crippen molar-refractivity contribution < 1.29 is 32.2 Å². The first-order valence-corrected chi connectivity index (χ1v) is 9.06. The lowest BCUT2D eigenvalue weighted by molar-refractivity contribution is -0.141. The van der Waals surface area contributed by atoms with Crippen molar-refractivity contribution >= 4 is 28.5 Å². The van der Waals surface area contributed by atoms with E-state index in [1.165, 1.54) is 25.1 Å². The Morgan fingerprint density at radius 2 is 1.62 bits per heavy atom. The van der Waals surface area contributed by atoms with Crippen LogP contribution in [-0.4, -0.2) is 35.7 Å². The van der Waals surface area contributed by atoms with E-state index in [4.69, 9.17) is 9.47 Å². The third-order valence-corrected chi connectivity index (χ3v) is 3.74. The van der Waals surface area contributed by atoms with Crippen LogP contribution in [0.5, 0.6) is 0 Å². The van der Waals surface area contributed by atoms with Crippen molar-refractivity contribution in [2.24, 2.45) is 0 Å². The zero-order valence-electron chi connectivity index (χ0n) is 16.9. The quantitative estimate of drug-likeness (QED) is 0.710. The van der Waals surface area contributed by atoms with Crippen LogP contribution in [0.25, 0.3) is 10.9 Å². The first-order chi connectivity index (χ1) is 13.4. The molecule has 0 aliphatic carbocycles. The minimum Gasteiger partial charge on any atom is -0.462 e. The van der Waals surface area contributed by atoms with E-state index in [0.717, 1.165) is 0 Å². The van der Waals surface area contributed by atoms with Gasteiger partial charge in [0, 0.05) is 10.9 Å². The number of halogens is 3. The number of carbonyl (C=O) groups excluding carboxylic acids is 2. The molecule has 29 heavy (non-hydrogen) atoms. The zero-order valence-corrected chi connectivity index (χ0v) is 16.9. The molecular formula is C20H23F3N2O4. The molecule has 158 valence electrons. The highest BCUT2D eigenvalue weighted by molar-refractivity contribution is 6.08. The summed E-state index contributed by atoms with van der Waals surface area (Å²) >= 11 is 0. The Kier molecular flexibility index (Phi) is 6.40. The standard InChI is InChI=1S/C20H23F3N2O4/c1-6-28-17(26)11-8-9-13-12(10-11)15(25-19(3,4)5)14(18(27)29-7-2)16(24-13)20(21,22)23/h8-10H,6-7H2,1-5H3,(H,24,25). The van der Waals surface area contributed by atoms with Crippen LogP contribution in [-0.2, 0) is 15.7 Å². The number of rotatable bonds is 5. The van der Waals surface area contributed by atoms with Crippen molar-refractivity contribution in [3.05, 3.63) is 35.0 Å². The number of pyridine rings is 1. The van der Waals surface area contributed by atoms with E-state index in [-0.39, 0.29) is 35.4 Å². The Hall–Kier alpha value is -2.84. The molecule has 0 radical (unpaired) electrons. The summed E-state index contributed by atoms with van der Waals surface area (Å²) in [5.41, 5.74) is -2.75. The summed E-state index contributed by atoms with van der Waals surface area (Å²) in [7, 11) is 0. The van der Waals surface area contributed by atoms with Crippen LogP contribution in [0.1, 0.15) is 61.0 Å². The van der Waals surface area contributed by atoms with E-state index < -0.39 is 34.9 Å². The molecule has 0 amide bonds. The first kappa shape index (κ1) is 22.4. The first-order valence-electron chi connectivity index (χ1n) is 9.06. The number of esters is 2. The van der Waals surface area contributed by atoms with Gasteiger partial charge < -0.3 is 14.8 Å². The average Bonchev–Trinajstić information content (AvgIpc) is 2.59. The largest absolute Gasteiger partial charge is 0.462 e. The van der Waals surface area contributed by atoms with Gasteiger partial charge in [-0.3, -0.25) is 0 Å². The zero-order chi connectivity index (χ0) is 22.0. The molecule has 1 aromatic heterocycles. The number of fused-ring (bicyclic) bond motifs is 1. The van der Waals surface area contributed by atoms with Gasteiger partial charge in [0.2, 0.25) is 0 Å². The number of aromatic nitrogens is 1. The SMILES string of the molecule is CCOC(=O)c1ccc2nc(C(F)(F)F)c(C(=O)OCC)c(NC(C)(C)C)c2c1. The van der Waals surface area contributed by atoms with Crippen LogP contribution in [0.15, 0.2) is 18.2 Å². The molecule has 0 saturated carbocycles. The molecule has 9 heteroatoms. The maximum Gasteiger partial charge on any atom is 0.434 e. The summed E-state index contributed by atoms with van der Waals surface area (Å²) in [4.78, 5) is 28.3. The van der Waals surface area contributed by atoms with Crippen LogP contribution < -0.4 is 5.32 Å². The van der Waals surface area contributed by atoms with Crippen molar-refractivity contribution in [2.75, 3.05) is 18.5 Å². The van der Waals surface area contributed by atoms with E-state index in [0.29, 0.717) is 0 Å². The molecule has 0 atom stereocenters. The van der Waals surface area contributed by atoms with Crippen LogP contribution in [0, 0.1) is 0 Å². The summed E-state index contributed by atoms with van der Waals surface area (Å²) in [5.74, 6) is -1.78. The number of nitrogens with zero attached hydrogens (tertiary/aromatic N) is 1. The highest BCUT2D eigenvalue weighted by Crippen LogP contribution is 2.39. The number of ether oxygens (including phenoxy) is 2. The van der Waals surface area contributed by atoms with Gasteiger partial charge in [-0.2, -0.15) is 13.2 Å². The number of carbonyl (C=O) groups is 2. The van der Waals surface area contributed by atoms with E-state index in [1.54, 1.807) is 27.7 Å². The summed E-state index contributed by atoms with van der Waals surface area (Å²) in [6.07, 6.45) is -4.88. The lowest BCUT2D eigenvalue weighted by Gasteiger charge is -2.26. The van der Waals surface area contributed by atoms with Gasteiger partial charge in [0.1, 0.15) is 5.56 Å². The third kappa shape index (κ3) is 5.16. The second kappa shape index (κ2) is 8.26. The lowest BCUT2D eigenvalue weighted by atomic mass is 10.00. The summed E-state index contributed by atoms with van der Waals surface area (Å²) in [6, 6.07) is 3.98. The molecule has 0 fully saturated rings. The van der Waals surface area contributed by atoms with Crippen molar-refractivity contribution in [3.63, 3.8) is 0 Å². The molecule has 1 heterocycles. The van der Waals surface area contributed by atoms with Gasteiger partial charge in [-0.15, -0.1) is 0 Å². The lowest BCUT2D eigenvalue weighted by Crippen LogP contribution is -2.29. The van der Waals surface area contributed by atoms with E-state index in [9.17, 15) is 22.8 Å². The third-order valence-electron chi connectivity index (χ3n) is 3.74. The Labute approximate surface area is 166 Å². The molecular weight excluding hydrogens is 389 g/mol. The summed E-state index contributed by atoms with van der Waals surface area (Å²) in [6.45, 7) is 8.37. The molecule has 0 unspecified atom stereocenters. The van der Waals surface area contributed by atoms with Crippen LogP contribution in [0.2, 0.25) is 0 Å². The minimum atomic E-state index is -4.88. The smallest absolute Gasteiger partial charge is 0.434 e. The Bertz CT molecular complexity index is 934. The summed E-state index contributed by atoms with van der Waals surface area (Å²) in [5, 5.41) is 3.13. The second-order valence-corrected chi connectivity index (χ2v) is 7.26. The predicted octanol–water partition coefficient (Wildman–Crippen LogP) is 4.82. The van der Waals surface area contributed by atoms with Crippen LogP contribution >= 0.6 is 0 Å². The minimum absolute atomic E-state index is 0.0230. The topological polar surface area (TPSA) is 77.5 Å². The monoisotopic (exact) mass is 412 g/mol. The fraction of sp³-hybridized carbons (Fsp3) is 0.450. The van der Waals surface area contributed by atoms with Crippen molar-refractivity contribution in [1.29, 1.82) is 0 Å². The van der Waals surface area contributed by atoms with Crippen molar-refractivity contribution in [3.8, 4) is 0 Å². The van der Waals surface area contributed by atoms with E-state index >= 15 is 0 Å². The van der Waals surface area contributed by atoms with E-state index in [1.807, 2.05) is 0 Å². The maximum absolute atomic E-state index is 13.7. The number of alkyl halides is 3.